The molecule has 6 heteroatoms. The van der Waals surface area contributed by atoms with Crippen molar-refractivity contribution in [3.63, 3.8) is 0 Å². The highest BCUT2D eigenvalue weighted by Gasteiger charge is 2.15. The van der Waals surface area contributed by atoms with E-state index in [2.05, 4.69) is 29.6 Å². The van der Waals surface area contributed by atoms with Crippen LogP contribution in [0.1, 0.15) is 13.8 Å². The van der Waals surface area contributed by atoms with Gasteiger partial charge in [0.25, 0.3) is 0 Å². The van der Waals surface area contributed by atoms with Crippen molar-refractivity contribution in [2.24, 2.45) is 5.92 Å². The van der Waals surface area contributed by atoms with E-state index in [1.807, 2.05) is 36.4 Å². The van der Waals surface area contributed by atoms with Crippen molar-refractivity contribution in [1.82, 2.24) is 15.1 Å². The lowest BCUT2D eigenvalue weighted by molar-refractivity contribution is -0.121. The smallest absolute Gasteiger partial charge is 0.241 e. The number of hydrogen-bond acceptors (Lipinski definition) is 4. The maximum absolute atomic E-state index is 12.4. The van der Waals surface area contributed by atoms with Crippen LogP contribution in [-0.4, -0.2) is 28.3 Å². The maximum atomic E-state index is 12.4. The van der Waals surface area contributed by atoms with E-state index in [9.17, 15) is 9.59 Å². The molecule has 3 aromatic rings. The summed E-state index contributed by atoms with van der Waals surface area (Å²) in [4.78, 5) is 24.3. The predicted molar refractivity (Wildman–Crippen MR) is 108 cm³/mol. The van der Waals surface area contributed by atoms with Crippen LogP contribution in [-0.2, 0) is 11.3 Å². The number of hydrogen-bond donors (Lipinski definition) is 2. The molecule has 1 heterocycles. The molecule has 1 amide bonds. The molecule has 3 rings (SSSR count). The Bertz CT molecular complexity index is 967. The molecular formula is C21H24N4O2. The summed E-state index contributed by atoms with van der Waals surface area (Å²) in [5.74, 6) is 0.202. The lowest BCUT2D eigenvalue weighted by Crippen LogP contribution is -2.41. The van der Waals surface area contributed by atoms with E-state index < -0.39 is 0 Å². The van der Waals surface area contributed by atoms with Crippen LogP contribution in [0.4, 0.5) is 5.69 Å². The molecule has 0 aliphatic rings. The van der Waals surface area contributed by atoms with Gasteiger partial charge < -0.3 is 10.6 Å². The number of nitrogens with one attached hydrogen (secondary N) is 2. The van der Waals surface area contributed by atoms with Gasteiger partial charge in [-0.1, -0.05) is 44.2 Å². The number of benzene rings is 2. The molecule has 2 aromatic carbocycles. The normalized spacial score (nSPS) is 12.1. The second kappa shape index (κ2) is 8.49. The summed E-state index contributed by atoms with van der Waals surface area (Å²) >= 11 is 0. The van der Waals surface area contributed by atoms with Gasteiger partial charge in [0, 0.05) is 23.7 Å². The largest absolute Gasteiger partial charge is 0.380 e. The lowest BCUT2D eigenvalue weighted by atomic mass is 10.0. The van der Waals surface area contributed by atoms with Crippen LogP contribution in [0.15, 0.2) is 65.6 Å². The first-order valence-corrected chi connectivity index (χ1v) is 9.08. The Labute approximate surface area is 158 Å². The van der Waals surface area contributed by atoms with Gasteiger partial charge in [0.05, 0.1) is 11.7 Å². The summed E-state index contributed by atoms with van der Waals surface area (Å²) in [7, 11) is 0. The van der Waals surface area contributed by atoms with E-state index in [0.717, 1.165) is 5.69 Å². The fraction of sp³-hybridized carbons (Fsp3) is 0.286. The van der Waals surface area contributed by atoms with Crippen molar-refractivity contribution in [3.8, 4) is 0 Å². The van der Waals surface area contributed by atoms with Crippen LogP contribution in [0.2, 0.25) is 0 Å². The number of aromatic nitrogens is 2. The van der Waals surface area contributed by atoms with Gasteiger partial charge in [0.1, 0.15) is 6.54 Å². The first kappa shape index (κ1) is 18.6. The summed E-state index contributed by atoms with van der Waals surface area (Å²) < 4.78 is 1.56. The van der Waals surface area contributed by atoms with Crippen molar-refractivity contribution in [2.75, 3.05) is 11.9 Å². The number of nitrogens with zero attached hydrogens (tertiary/aromatic N) is 2. The fourth-order valence-electron chi connectivity index (χ4n) is 2.90. The minimum absolute atomic E-state index is 0.0664. The van der Waals surface area contributed by atoms with E-state index in [4.69, 9.17) is 0 Å². The Balaban J connectivity index is 1.65. The van der Waals surface area contributed by atoms with E-state index in [-0.39, 0.29) is 23.9 Å². The molecule has 1 unspecified atom stereocenters. The number of para-hydroxylation sites is 2. The Morgan fingerprint density at radius 3 is 2.52 bits per heavy atom. The van der Waals surface area contributed by atoms with Crippen molar-refractivity contribution in [2.45, 2.75) is 26.4 Å². The van der Waals surface area contributed by atoms with Gasteiger partial charge >= 0.3 is 0 Å². The molecule has 0 saturated heterocycles. The third-order valence-electron chi connectivity index (χ3n) is 4.51. The minimum Gasteiger partial charge on any atom is -0.380 e. The third-order valence-corrected chi connectivity index (χ3v) is 4.51. The molecule has 0 bridgehead atoms. The molecule has 0 spiro atoms. The standard InChI is InChI=1S/C21H24N4O2/c1-15(2)18(24-16-8-4-3-5-9-16)12-22-21(27)14-25-19-11-7-6-10-17(19)20(26)13-23-25/h3-11,13,15,18,24H,12,14H2,1-2H3,(H,22,27). The van der Waals surface area contributed by atoms with Crippen molar-refractivity contribution >= 4 is 22.5 Å². The second-order valence-electron chi connectivity index (χ2n) is 6.85. The predicted octanol–water partition coefficient (Wildman–Crippen LogP) is 2.65. The third kappa shape index (κ3) is 4.73. The zero-order valence-electron chi connectivity index (χ0n) is 15.6. The topological polar surface area (TPSA) is 76.0 Å². The van der Waals surface area contributed by atoms with Crippen LogP contribution in [0.25, 0.3) is 10.9 Å². The maximum Gasteiger partial charge on any atom is 0.241 e. The van der Waals surface area contributed by atoms with Gasteiger partial charge in [0.2, 0.25) is 11.3 Å². The zero-order valence-corrected chi connectivity index (χ0v) is 15.6. The SMILES string of the molecule is CC(C)C(CNC(=O)Cn1ncc(=O)c2ccccc21)Nc1ccccc1. The van der Waals surface area contributed by atoms with Gasteiger partial charge in [-0.05, 0) is 30.2 Å². The van der Waals surface area contributed by atoms with Gasteiger partial charge in [-0.2, -0.15) is 5.10 Å². The minimum atomic E-state index is -0.144. The van der Waals surface area contributed by atoms with Gasteiger partial charge in [-0.25, -0.2) is 0 Å². The highest BCUT2D eigenvalue weighted by Crippen LogP contribution is 2.12. The monoisotopic (exact) mass is 364 g/mol. The van der Waals surface area contributed by atoms with E-state index in [1.165, 1.54) is 6.20 Å². The molecule has 0 radical (unpaired) electrons. The number of carbonyl (C=O) groups excluding carboxylic acids is 1. The first-order chi connectivity index (χ1) is 13.0. The molecule has 140 valence electrons. The summed E-state index contributed by atoms with van der Waals surface area (Å²) in [5, 5.41) is 11.1. The second-order valence-corrected chi connectivity index (χ2v) is 6.85. The highest BCUT2D eigenvalue weighted by atomic mass is 16.2. The van der Waals surface area contributed by atoms with E-state index >= 15 is 0 Å². The van der Waals surface area contributed by atoms with Crippen molar-refractivity contribution < 1.29 is 4.79 Å². The van der Waals surface area contributed by atoms with Gasteiger partial charge in [0.15, 0.2) is 0 Å². The number of rotatable bonds is 7. The van der Waals surface area contributed by atoms with E-state index in [1.54, 1.807) is 22.9 Å². The molecule has 2 N–H and O–H groups in total. The molecule has 27 heavy (non-hydrogen) atoms. The summed E-state index contributed by atoms with van der Waals surface area (Å²) in [5.41, 5.74) is 1.54. The molecule has 0 aliphatic carbocycles. The average Bonchev–Trinajstić information content (AvgIpc) is 2.68. The van der Waals surface area contributed by atoms with E-state index in [0.29, 0.717) is 23.4 Å². The Hall–Kier alpha value is -3.15. The Morgan fingerprint density at radius 1 is 1.07 bits per heavy atom. The fourth-order valence-corrected chi connectivity index (χ4v) is 2.90. The zero-order chi connectivity index (χ0) is 19.2. The molecule has 0 fully saturated rings. The molecule has 1 atom stereocenters. The van der Waals surface area contributed by atoms with Gasteiger partial charge in [-0.15, -0.1) is 0 Å². The summed E-state index contributed by atoms with van der Waals surface area (Å²) in [6.07, 6.45) is 1.25. The first-order valence-electron chi connectivity index (χ1n) is 9.08. The quantitative estimate of drug-likeness (QED) is 0.676. The molecule has 1 aromatic heterocycles. The van der Waals surface area contributed by atoms with Crippen LogP contribution >= 0.6 is 0 Å². The Kier molecular flexibility index (Phi) is 5.86. The molecule has 0 aliphatic heterocycles. The lowest BCUT2D eigenvalue weighted by Gasteiger charge is -2.24. The van der Waals surface area contributed by atoms with Crippen LogP contribution in [0, 0.1) is 5.92 Å². The highest BCUT2D eigenvalue weighted by molar-refractivity contribution is 5.81. The summed E-state index contributed by atoms with van der Waals surface area (Å²) in [6, 6.07) is 17.2. The Morgan fingerprint density at radius 2 is 1.78 bits per heavy atom. The van der Waals surface area contributed by atoms with Crippen LogP contribution in [0.5, 0.6) is 0 Å². The molecular weight excluding hydrogens is 340 g/mol. The average molecular weight is 364 g/mol. The van der Waals surface area contributed by atoms with Crippen LogP contribution in [0.3, 0.4) is 0 Å². The number of fused-ring (bicyclic) bond motifs is 1. The number of anilines is 1. The summed E-state index contributed by atoms with van der Waals surface area (Å²) in [6.45, 7) is 4.80. The van der Waals surface area contributed by atoms with Crippen molar-refractivity contribution in [3.05, 3.63) is 71.0 Å². The van der Waals surface area contributed by atoms with Gasteiger partial charge in [-0.3, -0.25) is 14.3 Å². The number of carbonyl (C=O) groups is 1. The number of amides is 1. The van der Waals surface area contributed by atoms with Crippen LogP contribution < -0.4 is 16.1 Å². The molecule has 6 nitrogen and oxygen atoms in total. The molecule has 0 saturated carbocycles. The van der Waals surface area contributed by atoms with Crippen molar-refractivity contribution in [1.29, 1.82) is 0 Å².